The van der Waals surface area contributed by atoms with E-state index < -0.39 is 12.1 Å². The molecule has 0 aromatic carbocycles. The van der Waals surface area contributed by atoms with Crippen molar-refractivity contribution in [1.29, 1.82) is 0 Å². The summed E-state index contributed by atoms with van der Waals surface area (Å²) in [4.78, 5) is 29.7. The van der Waals surface area contributed by atoms with Crippen molar-refractivity contribution in [3.63, 3.8) is 0 Å². The zero-order chi connectivity index (χ0) is 13.8. The fraction of sp³-hybridized carbons (Fsp3) is 0.769. The maximum Gasteiger partial charge on any atom is 0.353 e. The summed E-state index contributed by atoms with van der Waals surface area (Å²) in [5.41, 5.74) is -0.0698. The van der Waals surface area contributed by atoms with Crippen molar-refractivity contribution in [1.82, 2.24) is 4.90 Å². The number of carboxylic acids is 1. The summed E-state index contributed by atoms with van der Waals surface area (Å²) in [5, 5.41) is 12.3. The number of carbonyl (C=O) groups is 2. The van der Waals surface area contributed by atoms with Gasteiger partial charge in [-0.25, -0.2) is 4.79 Å². The lowest BCUT2D eigenvalue weighted by Crippen LogP contribution is -2.40. The topological polar surface area (TPSA) is 79.2 Å². The number of hydrogen-bond donors (Lipinski definition) is 1. The van der Waals surface area contributed by atoms with Gasteiger partial charge < -0.3 is 14.8 Å². The second-order valence-electron chi connectivity index (χ2n) is 5.17. The Balaban J connectivity index is 1.89. The average molecular weight is 268 g/mol. The van der Waals surface area contributed by atoms with Crippen molar-refractivity contribution in [2.45, 2.75) is 45.1 Å². The summed E-state index contributed by atoms with van der Waals surface area (Å²) in [6.07, 6.45) is 3.65. The Morgan fingerprint density at radius 1 is 1.42 bits per heavy atom. The van der Waals surface area contributed by atoms with E-state index in [2.05, 4.69) is 12.1 Å². The van der Waals surface area contributed by atoms with Gasteiger partial charge in [-0.2, -0.15) is 0 Å². The van der Waals surface area contributed by atoms with E-state index in [-0.39, 0.29) is 18.0 Å². The average Bonchev–Trinajstić information content (AvgIpc) is 2.77. The molecule has 6 heteroatoms. The molecule has 0 aromatic heterocycles. The summed E-state index contributed by atoms with van der Waals surface area (Å²) >= 11 is 0. The predicted molar refractivity (Wildman–Crippen MR) is 68.8 cm³/mol. The molecule has 2 aliphatic heterocycles. The van der Waals surface area contributed by atoms with Crippen molar-refractivity contribution in [3.8, 4) is 0 Å². The zero-order valence-electron chi connectivity index (χ0n) is 11.2. The van der Waals surface area contributed by atoms with Gasteiger partial charge in [-0.1, -0.05) is 18.5 Å². The number of carbonyl (C=O) groups excluding carboxylic acids is 1. The van der Waals surface area contributed by atoms with Gasteiger partial charge >= 0.3 is 5.97 Å². The number of oxime groups is 1. The molecule has 0 aliphatic carbocycles. The Bertz CT molecular complexity index is 394. The molecular weight excluding hydrogens is 248 g/mol. The van der Waals surface area contributed by atoms with E-state index in [0.717, 1.165) is 38.8 Å². The minimum atomic E-state index is -1.11. The van der Waals surface area contributed by atoms with Gasteiger partial charge in [-0.15, -0.1) is 0 Å². The van der Waals surface area contributed by atoms with Crippen molar-refractivity contribution < 1.29 is 19.5 Å². The highest BCUT2D eigenvalue weighted by Crippen LogP contribution is 2.22. The summed E-state index contributed by atoms with van der Waals surface area (Å²) in [7, 11) is 0. The lowest BCUT2D eigenvalue weighted by atomic mass is 9.98. The van der Waals surface area contributed by atoms with Crippen LogP contribution in [0.4, 0.5) is 0 Å². The minimum Gasteiger partial charge on any atom is -0.477 e. The van der Waals surface area contributed by atoms with Gasteiger partial charge in [0.2, 0.25) is 6.10 Å². The molecular formula is C13H20N2O4. The van der Waals surface area contributed by atoms with Gasteiger partial charge in [0.1, 0.15) is 0 Å². The van der Waals surface area contributed by atoms with Gasteiger partial charge in [-0.3, -0.25) is 4.79 Å². The van der Waals surface area contributed by atoms with Crippen molar-refractivity contribution in [2.24, 2.45) is 11.1 Å². The van der Waals surface area contributed by atoms with Crippen LogP contribution in [-0.4, -0.2) is 46.8 Å². The molecule has 2 heterocycles. The smallest absolute Gasteiger partial charge is 0.353 e. The predicted octanol–water partition coefficient (Wildman–Crippen LogP) is 1.25. The van der Waals surface area contributed by atoms with E-state index in [9.17, 15) is 9.59 Å². The van der Waals surface area contributed by atoms with Crippen LogP contribution in [0.5, 0.6) is 0 Å². The summed E-state index contributed by atoms with van der Waals surface area (Å²) in [5.74, 6) is -0.554. The first kappa shape index (κ1) is 13.8. The summed E-state index contributed by atoms with van der Waals surface area (Å²) < 4.78 is 0. The standard InChI is InChI=1S/C13H20N2O4/c1-2-9-4-3-6-15(7-5-9)12(16)11-8-10(13(17)18)14-19-11/h9,11H,2-8H2,1H3,(H,17,18). The lowest BCUT2D eigenvalue weighted by molar-refractivity contribution is -0.142. The molecule has 2 aliphatic rings. The molecule has 2 rings (SSSR count). The molecule has 1 fully saturated rings. The molecule has 0 spiro atoms. The number of carboxylic acid groups (broad SMARTS) is 1. The van der Waals surface area contributed by atoms with Crippen LogP contribution >= 0.6 is 0 Å². The Labute approximate surface area is 112 Å². The third kappa shape index (κ3) is 3.24. The molecule has 19 heavy (non-hydrogen) atoms. The van der Waals surface area contributed by atoms with Crippen LogP contribution in [0.15, 0.2) is 5.16 Å². The van der Waals surface area contributed by atoms with Crippen LogP contribution in [0.1, 0.15) is 39.0 Å². The molecule has 1 saturated heterocycles. The van der Waals surface area contributed by atoms with Crippen LogP contribution in [0.2, 0.25) is 0 Å². The van der Waals surface area contributed by atoms with Crippen molar-refractivity contribution >= 4 is 17.6 Å². The second-order valence-corrected chi connectivity index (χ2v) is 5.17. The highest BCUT2D eigenvalue weighted by Gasteiger charge is 2.34. The fourth-order valence-corrected chi connectivity index (χ4v) is 2.63. The monoisotopic (exact) mass is 268 g/mol. The normalized spacial score (nSPS) is 27.4. The SMILES string of the molecule is CCC1CCCN(C(=O)C2CC(C(=O)O)=NO2)CC1. The fourth-order valence-electron chi connectivity index (χ4n) is 2.63. The third-order valence-electron chi connectivity index (χ3n) is 3.93. The van der Waals surface area contributed by atoms with Crippen molar-refractivity contribution in [3.05, 3.63) is 0 Å². The Kier molecular flexibility index (Phi) is 4.39. The molecule has 0 radical (unpaired) electrons. The molecule has 0 aromatic rings. The number of likely N-dealkylation sites (tertiary alicyclic amines) is 1. The van der Waals surface area contributed by atoms with Gasteiger partial charge in [0.05, 0.1) is 0 Å². The van der Waals surface area contributed by atoms with E-state index in [4.69, 9.17) is 9.94 Å². The van der Waals surface area contributed by atoms with Gasteiger partial charge in [0, 0.05) is 19.5 Å². The highest BCUT2D eigenvalue weighted by atomic mass is 16.6. The van der Waals surface area contributed by atoms with Crippen LogP contribution in [0.3, 0.4) is 0 Å². The first-order chi connectivity index (χ1) is 9.11. The Hall–Kier alpha value is -1.59. The molecule has 0 saturated carbocycles. The van der Waals surface area contributed by atoms with Crippen LogP contribution in [0, 0.1) is 5.92 Å². The maximum absolute atomic E-state index is 12.3. The molecule has 106 valence electrons. The van der Waals surface area contributed by atoms with E-state index >= 15 is 0 Å². The van der Waals surface area contributed by atoms with Gasteiger partial charge in [0.25, 0.3) is 5.91 Å². The first-order valence-corrected chi connectivity index (χ1v) is 6.86. The Morgan fingerprint density at radius 2 is 2.21 bits per heavy atom. The van der Waals surface area contributed by atoms with Crippen LogP contribution in [0.25, 0.3) is 0 Å². The van der Waals surface area contributed by atoms with E-state index in [1.165, 1.54) is 0 Å². The van der Waals surface area contributed by atoms with Gasteiger partial charge in [0.15, 0.2) is 5.71 Å². The minimum absolute atomic E-state index is 0.0698. The van der Waals surface area contributed by atoms with Crippen LogP contribution < -0.4 is 0 Å². The second kappa shape index (κ2) is 6.04. The number of hydrogen-bond acceptors (Lipinski definition) is 4. The Morgan fingerprint density at radius 3 is 2.84 bits per heavy atom. The van der Waals surface area contributed by atoms with E-state index in [1.54, 1.807) is 4.90 Å². The number of nitrogens with zero attached hydrogens (tertiary/aromatic N) is 2. The molecule has 2 unspecified atom stereocenters. The molecule has 0 bridgehead atoms. The lowest BCUT2D eigenvalue weighted by Gasteiger charge is -2.22. The quantitative estimate of drug-likeness (QED) is 0.835. The molecule has 6 nitrogen and oxygen atoms in total. The van der Waals surface area contributed by atoms with Crippen LogP contribution in [-0.2, 0) is 14.4 Å². The third-order valence-corrected chi connectivity index (χ3v) is 3.93. The molecule has 1 amide bonds. The molecule has 2 atom stereocenters. The summed E-state index contributed by atoms with van der Waals surface area (Å²) in [6, 6.07) is 0. The van der Waals surface area contributed by atoms with E-state index in [0.29, 0.717) is 5.92 Å². The highest BCUT2D eigenvalue weighted by molar-refractivity contribution is 6.36. The van der Waals surface area contributed by atoms with Crippen molar-refractivity contribution in [2.75, 3.05) is 13.1 Å². The number of amides is 1. The van der Waals surface area contributed by atoms with Gasteiger partial charge in [-0.05, 0) is 25.2 Å². The summed E-state index contributed by atoms with van der Waals surface area (Å²) in [6.45, 7) is 3.65. The largest absolute Gasteiger partial charge is 0.477 e. The first-order valence-electron chi connectivity index (χ1n) is 6.86. The number of aliphatic carboxylic acids is 1. The molecule has 1 N–H and O–H groups in total. The van der Waals surface area contributed by atoms with E-state index in [1.807, 2.05) is 0 Å². The zero-order valence-corrected chi connectivity index (χ0v) is 11.2. The maximum atomic E-state index is 12.3. The number of rotatable bonds is 3.